The molecular weight excluding hydrogens is 399 g/mol. The van der Waals surface area contributed by atoms with Crippen molar-refractivity contribution in [3.8, 4) is 0 Å². The molecule has 2 aromatic rings. The maximum Gasteiger partial charge on any atom is 0.191 e. The lowest BCUT2D eigenvalue weighted by Crippen LogP contribution is -2.38. The molecule has 0 aliphatic heterocycles. The van der Waals surface area contributed by atoms with E-state index in [9.17, 15) is 0 Å². The van der Waals surface area contributed by atoms with E-state index < -0.39 is 0 Å². The summed E-state index contributed by atoms with van der Waals surface area (Å²) in [5.74, 6) is 1.66. The molecule has 0 saturated carbocycles. The maximum atomic E-state index is 5.27. The van der Waals surface area contributed by atoms with Crippen molar-refractivity contribution in [1.29, 1.82) is 0 Å². The second kappa shape index (κ2) is 9.78. The van der Waals surface area contributed by atoms with E-state index in [1.54, 1.807) is 17.6 Å². The van der Waals surface area contributed by atoms with Crippen LogP contribution in [-0.2, 0) is 13.0 Å². The zero-order valence-corrected chi connectivity index (χ0v) is 15.4. The highest BCUT2D eigenvalue weighted by Crippen LogP contribution is 2.10. The van der Waals surface area contributed by atoms with Crippen LogP contribution in [0.2, 0.25) is 0 Å². The first kappa shape index (κ1) is 18.0. The molecule has 7 heteroatoms. The zero-order chi connectivity index (χ0) is 14.2. The molecule has 0 bridgehead atoms. The number of aromatic nitrogens is 1. The SMILES string of the molecule is CCNC(=NCc1ccco1)NCCc1ncc(C)s1.I. The van der Waals surface area contributed by atoms with Crippen LogP contribution in [0.15, 0.2) is 34.0 Å². The van der Waals surface area contributed by atoms with Crippen molar-refractivity contribution in [3.63, 3.8) is 0 Å². The number of nitrogens with one attached hydrogen (secondary N) is 2. The third kappa shape index (κ3) is 6.47. The molecule has 0 unspecified atom stereocenters. The number of hydrogen-bond donors (Lipinski definition) is 2. The molecule has 0 amide bonds. The second-order valence-electron chi connectivity index (χ2n) is 4.32. The molecule has 0 aliphatic rings. The van der Waals surface area contributed by atoms with E-state index in [1.807, 2.05) is 25.3 Å². The summed E-state index contributed by atoms with van der Waals surface area (Å²) in [5.41, 5.74) is 0. The number of guanidine groups is 1. The van der Waals surface area contributed by atoms with Crippen molar-refractivity contribution in [2.75, 3.05) is 13.1 Å². The highest BCUT2D eigenvalue weighted by Gasteiger charge is 2.01. The van der Waals surface area contributed by atoms with Gasteiger partial charge in [-0.2, -0.15) is 0 Å². The van der Waals surface area contributed by atoms with Crippen LogP contribution in [0.5, 0.6) is 0 Å². The molecule has 5 nitrogen and oxygen atoms in total. The van der Waals surface area contributed by atoms with Crippen molar-refractivity contribution >= 4 is 41.3 Å². The number of halogens is 1. The summed E-state index contributed by atoms with van der Waals surface area (Å²) < 4.78 is 5.27. The van der Waals surface area contributed by atoms with Crippen molar-refractivity contribution < 1.29 is 4.42 Å². The van der Waals surface area contributed by atoms with Gasteiger partial charge in [-0.1, -0.05) is 0 Å². The van der Waals surface area contributed by atoms with Gasteiger partial charge in [0.1, 0.15) is 12.3 Å². The van der Waals surface area contributed by atoms with Gasteiger partial charge in [-0.3, -0.25) is 0 Å². The first-order valence-corrected chi connectivity index (χ1v) is 7.55. The summed E-state index contributed by atoms with van der Waals surface area (Å²) in [4.78, 5) is 10.1. The quantitative estimate of drug-likeness (QED) is 0.429. The Hall–Kier alpha value is -1.09. The van der Waals surface area contributed by atoms with Crippen LogP contribution in [-0.4, -0.2) is 24.0 Å². The number of nitrogens with zero attached hydrogens (tertiary/aromatic N) is 2. The van der Waals surface area contributed by atoms with Crippen LogP contribution in [0.25, 0.3) is 0 Å². The standard InChI is InChI=1S/C14H20N4OS.HI/c1-3-15-14(18-10-12-5-4-8-19-12)16-7-6-13-17-9-11(2)20-13;/h4-5,8-9H,3,6-7,10H2,1-2H3,(H2,15,16,18);1H. The summed E-state index contributed by atoms with van der Waals surface area (Å²) >= 11 is 1.74. The lowest BCUT2D eigenvalue weighted by Gasteiger charge is -2.10. The van der Waals surface area contributed by atoms with Crippen molar-refractivity contribution in [3.05, 3.63) is 40.2 Å². The fourth-order valence-electron chi connectivity index (χ4n) is 1.71. The number of aryl methyl sites for hydroxylation is 1. The van der Waals surface area contributed by atoms with E-state index in [2.05, 4.69) is 27.5 Å². The van der Waals surface area contributed by atoms with Crippen LogP contribution in [0.1, 0.15) is 22.6 Å². The lowest BCUT2D eigenvalue weighted by atomic mass is 10.4. The first-order valence-electron chi connectivity index (χ1n) is 6.74. The molecule has 0 radical (unpaired) electrons. The van der Waals surface area contributed by atoms with E-state index in [0.717, 1.165) is 36.2 Å². The molecule has 0 saturated heterocycles. The van der Waals surface area contributed by atoms with E-state index in [1.165, 1.54) is 4.88 Å². The highest BCUT2D eigenvalue weighted by molar-refractivity contribution is 14.0. The molecule has 0 atom stereocenters. The summed E-state index contributed by atoms with van der Waals surface area (Å²) in [6, 6.07) is 3.79. The average molecular weight is 420 g/mol. The van der Waals surface area contributed by atoms with Gasteiger partial charge in [0.05, 0.1) is 11.3 Å². The Bertz CT molecular complexity index is 539. The Morgan fingerprint density at radius 2 is 2.29 bits per heavy atom. The average Bonchev–Trinajstić information content (AvgIpc) is 3.08. The van der Waals surface area contributed by atoms with Crippen LogP contribution in [0.4, 0.5) is 0 Å². The van der Waals surface area contributed by atoms with Crippen LogP contribution in [0, 0.1) is 6.92 Å². The lowest BCUT2D eigenvalue weighted by molar-refractivity contribution is 0.512. The minimum Gasteiger partial charge on any atom is -0.467 e. The molecule has 2 N–H and O–H groups in total. The van der Waals surface area contributed by atoms with Gasteiger partial charge in [-0.05, 0) is 26.0 Å². The van der Waals surface area contributed by atoms with Gasteiger partial charge in [0.2, 0.25) is 0 Å². The Kier molecular flexibility index (Phi) is 8.36. The van der Waals surface area contributed by atoms with Gasteiger partial charge in [-0.15, -0.1) is 35.3 Å². The van der Waals surface area contributed by atoms with Gasteiger partial charge in [0, 0.05) is 30.6 Å². The fourth-order valence-corrected chi connectivity index (χ4v) is 2.49. The molecule has 2 aromatic heterocycles. The Labute approximate surface area is 146 Å². The van der Waals surface area contributed by atoms with Crippen molar-refractivity contribution in [2.24, 2.45) is 4.99 Å². The second-order valence-corrected chi connectivity index (χ2v) is 5.64. The molecule has 116 valence electrons. The molecule has 21 heavy (non-hydrogen) atoms. The third-order valence-electron chi connectivity index (χ3n) is 2.62. The van der Waals surface area contributed by atoms with Crippen LogP contribution in [0.3, 0.4) is 0 Å². The predicted molar refractivity (Wildman–Crippen MR) is 97.5 cm³/mol. The minimum absolute atomic E-state index is 0. The van der Waals surface area contributed by atoms with E-state index >= 15 is 0 Å². The molecule has 0 aromatic carbocycles. The summed E-state index contributed by atoms with van der Waals surface area (Å²) in [6.45, 7) is 6.31. The van der Waals surface area contributed by atoms with Gasteiger partial charge < -0.3 is 15.1 Å². The van der Waals surface area contributed by atoms with Gasteiger partial charge >= 0.3 is 0 Å². The summed E-state index contributed by atoms with van der Waals surface area (Å²) in [7, 11) is 0. The molecule has 0 fully saturated rings. The third-order valence-corrected chi connectivity index (χ3v) is 3.59. The van der Waals surface area contributed by atoms with E-state index in [-0.39, 0.29) is 24.0 Å². The number of hydrogen-bond acceptors (Lipinski definition) is 4. The Morgan fingerprint density at radius 3 is 2.90 bits per heavy atom. The first-order chi connectivity index (χ1) is 9.78. The molecule has 0 aliphatic carbocycles. The van der Waals surface area contributed by atoms with Gasteiger partial charge in [-0.25, -0.2) is 9.98 Å². The Morgan fingerprint density at radius 1 is 1.43 bits per heavy atom. The van der Waals surface area contributed by atoms with Gasteiger partial charge in [0.15, 0.2) is 5.96 Å². The molecular formula is C14H21IN4OS. The van der Waals surface area contributed by atoms with E-state index in [0.29, 0.717) is 6.54 Å². The topological polar surface area (TPSA) is 62.5 Å². The largest absolute Gasteiger partial charge is 0.467 e. The monoisotopic (exact) mass is 420 g/mol. The smallest absolute Gasteiger partial charge is 0.191 e. The normalized spacial score (nSPS) is 11.0. The number of aliphatic imine (C=N–C) groups is 1. The predicted octanol–water partition coefficient (Wildman–Crippen LogP) is 2.96. The Balaban J connectivity index is 0.00000220. The van der Waals surface area contributed by atoms with Gasteiger partial charge in [0.25, 0.3) is 0 Å². The molecule has 2 rings (SSSR count). The van der Waals surface area contributed by atoms with Crippen molar-refractivity contribution in [1.82, 2.24) is 15.6 Å². The number of furan rings is 1. The highest BCUT2D eigenvalue weighted by atomic mass is 127. The summed E-state index contributed by atoms with van der Waals surface area (Å²) in [6.07, 6.45) is 4.48. The number of thiazole rings is 1. The zero-order valence-electron chi connectivity index (χ0n) is 12.3. The van der Waals surface area contributed by atoms with Crippen molar-refractivity contribution in [2.45, 2.75) is 26.8 Å². The maximum absolute atomic E-state index is 5.27. The minimum atomic E-state index is 0. The summed E-state index contributed by atoms with van der Waals surface area (Å²) in [5, 5.41) is 7.67. The number of rotatable bonds is 6. The molecule has 2 heterocycles. The van der Waals surface area contributed by atoms with Crippen LogP contribution >= 0.6 is 35.3 Å². The fraction of sp³-hybridized carbons (Fsp3) is 0.429. The van der Waals surface area contributed by atoms with E-state index in [4.69, 9.17) is 4.42 Å². The van der Waals surface area contributed by atoms with Crippen LogP contribution < -0.4 is 10.6 Å². The molecule has 0 spiro atoms.